The van der Waals surface area contributed by atoms with Crippen molar-refractivity contribution in [3.8, 4) is 22.4 Å². The summed E-state index contributed by atoms with van der Waals surface area (Å²) in [5.41, 5.74) is 5.45. The number of hydrogen-bond acceptors (Lipinski definition) is 3. The topological polar surface area (TPSA) is 64.4 Å². The van der Waals surface area contributed by atoms with Crippen LogP contribution in [0.3, 0.4) is 0 Å². The predicted molar refractivity (Wildman–Crippen MR) is 138 cm³/mol. The normalized spacial score (nSPS) is 23.2. The van der Waals surface area contributed by atoms with E-state index < -0.39 is 5.97 Å². The second-order valence-electron chi connectivity index (χ2n) is 10.6. The molecule has 5 nitrogen and oxygen atoms in total. The van der Waals surface area contributed by atoms with Crippen molar-refractivity contribution in [2.75, 3.05) is 13.2 Å². The summed E-state index contributed by atoms with van der Waals surface area (Å²) in [4.78, 5) is 10.8. The third-order valence-corrected chi connectivity index (χ3v) is 8.13. The molecule has 36 heavy (non-hydrogen) atoms. The molecule has 190 valence electrons. The maximum atomic E-state index is 15.5. The first kappa shape index (κ1) is 24.7. The molecule has 0 amide bonds. The first-order valence-corrected chi connectivity index (χ1v) is 13.2. The number of carboxylic acid groups (broad SMARTS) is 1. The fraction of sp³-hybridized carbons (Fsp3) is 0.467. The fourth-order valence-electron chi connectivity index (χ4n) is 6.07. The molecule has 3 aromatic rings. The molecule has 1 heterocycles. The van der Waals surface area contributed by atoms with Crippen LogP contribution in [-0.2, 0) is 16.0 Å². The Morgan fingerprint density at radius 1 is 1.17 bits per heavy atom. The van der Waals surface area contributed by atoms with Crippen LogP contribution in [-0.4, -0.2) is 34.1 Å². The van der Waals surface area contributed by atoms with Gasteiger partial charge in [0.2, 0.25) is 0 Å². The lowest BCUT2D eigenvalue weighted by Crippen LogP contribution is -2.23. The predicted octanol–water partition coefficient (Wildman–Crippen LogP) is 6.84. The number of carbonyl (C=O) groups is 1. The Morgan fingerprint density at radius 2 is 1.92 bits per heavy atom. The van der Waals surface area contributed by atoms with Gasteiger partial charge in [-0.15, -0.1) is 0 Å². The average molecular weight is 491 g/mol. The van der Waals surface area contributed by atoms with E-state index in [4.69, 9.17) is 14.9 Å². The molecule has 6 heteroatoms. The minimum absolute atomic E-state index is 0.168. The van der Waals surface area contributed by atoms with Crippen LogP contribution < -0.4 is 0 Å². The van der Waals surface area contributed by atoms with Gasteiger partial charge in [-0.2, -0.15) is 5.10 Å². The van der Waals surface area contributed by atoms with Crippen molar-refractivity contribution in [3.05, 3.63) is 65.6 Å². The van der Waals surface area contributed by atoms with Crippen molar-refractivity contribution in [1.29, 1.82) is 0 Å². The summed E-state index contributed by atoms with van der Waals surface area (Å²) < 4.78 is 23.1. The number of ether oxygens (including phenoxy) is 1. The maximum absolute atomic E-state index is 15.5. The summed E-state index contributed by atoms with van der Waals surface area (Å²) in [5.74, 6) is -0.665. The second kappa shape index (κ2) is 10.2. The van der Waals surface area contributed by atoms with Crippen molar-refractivity contribution in [2.45, 2.75) is 64.8 Å². The van der Waals surface area contributed by atoms with E-state index in [1.807, 2.05) is 43.3 Å². The molecule has 5 rings (SSSR count). The van der Waals surface area contributed by atoms with E-state index in [1.165, 1.54) is 0 Å². The largest absolute Gasteiger partial charge is 0.480 e. The molecule has 1 spiro atoms. The zero-order valence-corrected chi connectivity index (χ0v) is 21.2. The summed E-state index contributed by atoms with van der Waals surface area (Å²) in [6.07, 6.45) is 7.19. The zero-order valence-electron chi connectivity index (χ0n) is 21.2. The van der Waals surface area contributed by atoms with Crippen molar-refractivity contribution < 1.29 is 19.0 Å². The van der Waals surface area contributed by atoms with Crippen LogP contribution in [0, 0.1) is 24.1 Å². The quantitative estimate of drug-likeness (QED) is 0.357. The average Bonchev–Trinajstić information content (AvgIpc) is 3.44. The van der Waals surface area contributed by atoms with E-state index in [1.54, 1.807) is 0 Å². The molecule has 2 aliphatic carbocycles. The Morgan fingerprint density at radius 3 is 2.61 bits per heavy atom. The smallest absolute Gasteiger partial charge is 0.329 e. The van der Waals surface area contributed by atoms with Crippen molar-refractivity contribution in [1.82, 2.24) is 9.78 Å². The Bertz CT molecular complexity index is 1230. The van der Waals surface area contributed by atoms with Crippen molar-refractivity contribution in [3.63, 3.8) is 0 Å². The van der Waals surface area contributed by atoms with E-state index in [9.17, 15) is 4.79 Å². The summed E-state index contributed by atoms with van der Waals surface area (Å²) in [7, 11) is 0. The van der Waals surface area contributed by atoms with Gasteiger partial charge in [0.1, 0.15) is 18.1 Å². The number of aryl methyl sites for hydroxylation is 1. The number of benzene rings is 2. The van der Waals surface area contributed by atoms with Gasteiger partial charge in [-0.3, -0.25) is 4.68 Å². The second-order valence-corrected chi connectivity index (χ2v) is 10.6. The molecular formula is C30H35FN2O3. The first-order valence-electron chi connectivity index (χ1n) is 13.2. The number of rotatable bonds is 9. The highest BCUT2D eigenvalue weighted by atomic mass is 19.1. The molecule has 0 bridgehead atoms. The van der Waals surface area contributed by atoms with E-state index in [-0.39, 0.29) is 17.8 Å². The number of carboxylic acids is 1. The molecule has 2 aliphatic rings. The Hall–Kier alpha value is -2.99. The molecule has 0 radical (unpaired) electrons. The minimum atomic E-state index is -0.915. The number of aromatic nitrogens is 2. The Balaban J connectivity index is 1.48. The summed E-state index contributed by atoms with van der Waals surface area (Å²) in [5, 5.41) is 14.0. The van der Waals surface area contributed by atoms with Gasteiger partial charge < -0.3 is 9.84 Å². The van der Waals surface area contributed by atoms with Gasteiger partial charge in [0.05, 0.1) is 12.6 Å². The molecule has 2 saturated carbocycles. The molecule has 1 unspecified atom stereocenters. The van der Waals surface area contributed by atoms with Gasteiger partial charge >= 0.3 is 5.97 Å². The molecule has 0 aliphatic heterocycles. The standard InChI is InChI=1S/C30H35FN2O3/c1-3-8-24-27(23-12-7-9-20(2)28(23)31)29(22-10-5-4-6-11-22)32-33(24)25-17-30(25)15-13-21(14-16-30)18-36-19-26(34)35/h4-7,9-12,21,25H,3,8,13-19H2,1-2H3,(H,34,35). The van der Waals surface area contributed by atoms with Crippen LogP contribution in [0.25, 0.3) is 22.4 Å². The lowest BCUT2D eigenvalue weighted by molar-refractivity contribution is -0.142. The monoisotopic (exact) mass is 490 g/mol. The number of hydrogen-bond donors (Lipinski definition) is 1. The van der Waals surface area contributed by atoms with Crippen LogP contribution >= 0.6 is 0 Å². The van der Waals surface area contributed by atoms with E-state index in [0.717, 1.165) is 67.5 Å². The summed E-state index contributed by atoms with van der Waals surface area (Å²) >= 11 is 0. The van der Waals surface area contributed by atoms with Gasteiger partial charge in [-0.25, -0.2) is 9.18 Å². The Labute approximate surface area is 212 Å². The van der Waals surface area contributed by atoms with Gasteiger partial charge in [0, 0.05) is 22.4 Å². The molecule has 0 saturated heterocycles. The molecular weight excluding hydrogens is 455 g/mol. The maximum Gasteiger partial charge on any atom is 0.329 e. The first-order chi connectivity index (χ1) is 17.4. The van der Waals surface area contributed by atoms with Crippen LogP contribution in [0.5, 0.6) is 0 Å². The molecule has 1 N–H and O–H groups in total. The highest BCUT2D eigenvalue weighted by molar-refractivity contribution is 5.83. The minimum Gasteiger partial charge on any atom is -0.480 e. The molecule has 1 aromatic heterocycles. The number of halogens is 1. The van der Waals surface area contributed by atoms with Gasteiger partial charge in [0.15, 0.2) is 0 Å². The highest BCUT2D eigenvalue weighted by Gasteiger charge is 2.57. The van der Waals surface area contributed by atoms with Crippen molar-refractivity contribution in [2.24, 2.45) is 11.3 Å². The summed E-state index contributed by atoms with van der Waals surface area (Å²) in [6.45, 7) is 4.28. The SMILES string of the molecule is CCCc1c(-c2cccc(C)c2F)c(-c2ccccc2)nn1C1CC12CCC(COCC(=O)O)CC2. The fourth-order valence-corrected chi connectivity index (χ4v) is 6.07. The van der Waals surface area contributed by atoms with E-state index in [0.29, 0.717) is 29.7 Å². The van der Waals surface area contributed by atoms with Gasteiger partial charge in [0.25, 0.3) is 0 Å². The third kappa shape index (κ3) is 4.71. The van der Waals surface area contributed by atoms with E-state index >= 15 is 4.39 Å². The van der Waals surface area contributed by atoms with Gasteiger partial charge in [-0.05, 0) is 62.3 Å². The van der Waals surface area contributed by atoms with Crippen molar-refractivity contribution >= 4 is 5.97 Å². The van der Waals surface area contributed by atoms with Crippen LogP contribution in [0.4, 0.5) is 4.39 Å². The molecule has 2 fully saturated rings. The summed E-state index contributed by atoms with van der Waals surface area (Å²) in [6, 6.07) is 16.1. The van der Waals surface area contributed by atoms with Crippen LogP contribution in [0.15, 0.2) is 48.5 Å². The lowest BCUT2D eigenvalue weighted by Gasteiger charge is -2.29. The third-order valence-electron chi connectivity index (χ3n) is 8.13. The Kier molecular flexibility index (Phi) is 6.98. The van der Waals surface area contributed by atoms with Crippen LogP contribution in [0.1, 0.15) is 62.7 Å². The van der Waals surface area contributed by atoms with Crippen LogP contribution in [0.2, 0.25) is 0 Å². The molecule has 2 aromatic carbocycles. The highest BCUT2D eigenvalue weighted by Crippen LogP contribution is 2.65. The van der Waals surface area contributed by atoms with Gasteiger partial charge in [-0.1, -0.05) is 61.9 Å². The number of aliphatic carboxylic acids is 1. The van der Waals surface area contributed by atoms with E-state index in [2.05, 4.69) is 23.7 Å². The number of nitrogens with zero attached hydrogens (tertiary/aromatic N) is 2. The zero-order chi connectivity index (χ0) is 25.3. The lowest BCUT2D eigenvalue weighted by atomic mass is 9.79. The molecule has 1 atom stereocenters.